The lowest BCUT2D eigenvalue weighted by molar-refractivity contribution is -0.139. The number of carbonyl (C=O) groups is 1. The van der Waals surface area contributed by atoms with E-state index < -0.39 is 33.4 Å². The summed E-state index contributed by atoms with van der Waals surface area (Å²) in [6.45, 7) is -0.913. The summed E-state index contributed by atoms with van der Waals surface area (Å²) in [6, 6.07) is 1.94. The minimum atomic E-state index is -9.75. The molecule has 0 fully saturated rings. The van der Waals surface area contributed by atoms with Gasteiger partial charge in [-0.05, 0) is 12.1 Å². The van der Waals surface area contributed by atoms with Gasteiger partial charge in [-0.1, -0.05) is 25.5 Å². The second-order valence-electron chi connectivity index (χ2n) is 3.13. The highest BCUT2D eigenvalue weighted by atomic mass is 32.5. The van der Waals surface area contributed by atoms with Crippen molar-refractivity contribution in [2.24, 2.45) is 0 Å². The molecule has 1 N–H and O–H groups in total. The van der Waals surface area contributed by atoms with Gasteiger partial charge in [0.15, 0.2) is 6.61 Å². The first-order valence-electron chi connectivity index (χ1n) is 4.07. The van der Waals surface area contributed by atoms with Crippen LogP contribution < -0.4 is 4.74 Å². The van der Waals surface area contributed by atoms with Crippen LogP contribution in [-0.2, 0) is 4.79 Å². The molecular formula is C8H7F5O3S. The van der Waals surface area contributed by atoms with E-state index in [4.69, 9.17) is 5.11 Å². The third kappa shape index (κ3) is 4.10. The molecule has 0 aliphatic heterocycles. The van der Waals surface area contributed by atoms with Crippen molar-refractivity contribution in [3.63, 3.8) is 0 Å². The summed E-state index contributed by atoms with van der Waals surface area (Å²) in [5.41, 5.74) is 0. The van der Waals surface area contributed by atoms with Gasteiger partial charge in [-0.25, -0.2) is 4.79 Å². The van der Waals surface area contributed by atoms with Crippen molar-refractivity contribution in [2.45, 2.75) is 4.90 Å². The monoisotopic (exact) mass is 278 g/mol. The average molecular weight is 278 g/mol. The number of carboxylic acid groups (broad SMARTS) is 1. The molecule has 0 aliphatic rings. The van der Waals surface area contributed by atoms with E-state index in [-0.39, 0.29) is 12.1 Å². The van der Waals surface area contributed by atoms with E-state index >= 15 is 0 Å². The number of aliphatic carboxylic acids is 1. The Hall–Kier alpha value is -1.51. The summed E-state index contributed by atoms with van der Waals surface area (Å²) >= 11 is 0. The number of benzene rings is 1. The van der Waals surface area contributed by atoms with Crippen LogP contribution in [0, 0.1) is 0 Å². The van der Waals surface area contributed by atoms with Crippen molar-refractivity contribution in [3.8, 4) is 5.75 Å². The van der Waals surface area contributed by atoms with Gasteiger partial charge in [0.2, 0.25) is 0 Å². The summed E-state index contributed by atoms with van der Waals surface area (Å²) in [5, 5.41) is 8.22. The molecule has 0 heterocycles. The minimum Gasteiger partial charge on any atom is -0.482 e. The number of ether oxygens (including phenoxy) is 1. The van der Waals surface area contributed by atoms with E-state index in [1.165, 1.54) is 0 Å². The molecule has 1 rings (SSSR count). The van der Waals surface area contributed by atoms with Crippen molar-refractivity contribution in [2.75, 3.05) is 6.61 Å². The third-order valence-corrected chi connectivity index (χ3v) is 2.76. The van der Waals surface area contributed by atoms with Gasteiger partial charge in [-0.2, -0.15) is 0 Å². The van der Waals surface area contributed by atoms with Gasteiger partial charge in [0.05, 0.1) is 0 Å². The molecule has 0 aromatic heterocycles. The summed E-state index contributed by atoms with van der Waals surface area (Å²) in [6.07, 6.45) is 0. The maximum Gasteiger partial charge on any atom is 0.341 e. The number of rotatable bonds is 4. The van der Waals surface area contributed by atoms with Crippen molar-refractivity contribution in [1.82, 2.24) is 0 Å². The number of hydrogen-bond donors (Lipinski definition) is 1. The van der Waals surface area contributed by atoms with E-state index in [0.29, 0.717) is 6.07 Å². The Kier molecular flexibility index (Phi) is 2.59. The zero-order valence-corrected chi connectivity index (χ0v) is 8.89. The van der Waals surface area contributed by atoms with Gasteiger partial charge in [0.25, 0.3) is 0 Å². The largest absolute Gasteiger partial charge is 0.482 e. The van der Waals surface area contributed by atoms with Gasteiger partial charge < -0.3 is 9.84 Å². The Balaban J connectivity index is 3.07. The lowest BCUT2D eigenvalue weighted by atomic mass is 10.3. The van der Waals surface area contributed by atoms with Gasteiger partial charge in [-0.15, -0.1) is 0 Å². The lowest BCUT2D eigenvalue weighted by Crippen LogP contribution is -2.10. The standard InChI is InChI=1S/C8H7F5O3S/c9-17(10,11,12,13)7-3-1-2-6(4-7)16-5-8(14)15/h1-4H,5H2,(H,14,15). The van der Waals surface area contributed by atoms with E-state index in [9.17, 15) is 24.2 Å². The second kappa shape index (κ2) is 3.25. The number of carboxylic acids is 1. The molecule has 0 saturated carbocycles. The van der Waals surface area contributed by atoms with Crippen LogP contribution in [0.15, 0.2) is 29.2 Å². The van der Waals surface area contributed by atoms with E-state index in [0.717, 1.165) is 6.07 Å². The van der Waals surface area contributed by atoms with Crippen molar-refractivity contribution >= 4 is 16.2 Å². The summed E-state index contributed by atoms with van der Waals surface area (Å²) in [5.74, 6) is -2.01. The minimum absolute atomic E-state index is 0.0739. The zero-order valence-electron chi connectivity index (χ0n) is 8.08. The van der Waals surface area contributed by atoms with Crippen molar-refractivity contribution in [1.29, 1.82) is 0 Å². The van der Waals surface area contributed by atoms with Crippen LogP contribution in [0.3, 0.4) is 0 Å². The molecule has 0 bridgehead atoms. The Morgan fingerprint density at radius 2 is 1.82 bits per heavy atom. The molecule has 9 heteroatoms. The Bertz CT molecular complexity index is 455. The van der Waals surface area contributed by atoms with Crippen molar-refractivity contribution in [3.05, 3.63) is 24.3 Å². The molecule has 1 aromatic carbocycles. The van der Waals surface area contributed by atoms with E-state index in [1.807, 2.05) is 0 Å². The fraction of sp³-hybridized carbons (Fsp3) is 0.125. The number of halogens is 5. The number of hydrogen-bond acceptors (Lipinski definition) is 2. The predicted octanol–water partition coefficient (Wildman–Crippen LogP) is 3.81. The highest BCUT2D eigenvalue weighted by Crippen LogP contribution is 3.02. The molecule has 0 amide bonds. The molecule has 98 valence electrons. The van der Waals surface area contributed by atoms with E-state index in [1.54, 1.807) is 0 Å². The second-order valence-corrected chi connectivity index (χ2v) is 5.54. The first-order valence-corrected chi connectivity index (χ1v) is 6.02. The zero-order chi connectivity index (χ0) is 13.4. The molecule has 17 heavy (non-hydrogen) atoms. The molecule has 0 unspecified atom stereocenters. The molecular weight excluding hydrogens is 271 g/mol. The quantitative estimate of drug-likeness (QED) is 0.852. The Labute approximate surface area is 92.5 Å². The first kappa shape index (κ1) is 13.6. The van der Waals surface area contributed by atoms with Gasteiger partial charge in [0.1, 0.15) is 10.6 Å². The molecule has 0 radical (unpaired) electrons. The van der Waals surface area contributed by atoms with Crippen LogP contribution in [0.2, 0.25) is 0 Å². The molecule has 0 spiro atoms. The predicted molar refractivity (Wildman–Crippen MR) is 51.0 cm³/mol. The molecule has 0 aliphatic carbocycles. The van der Waals surface area contributed by atoms with Crippen LogP contribution >= 0.6 is 10.2 Å². The first-order chi connectivity index (χ1) is 7.38. The molecule has 1 aromatic rings. The fourth-order valence-electron chi connectivity index (χ4n) is 0.949. The summed E-state index contributed by atoms with van der Waals surface area (Å²) in [4.78, 5) is 7.97. The van der Waals surface area contributed by atoms with Gasteiger partial charge in [0, 0.05) is 6.07 Å². The molecule has 0 atom stereocenters. The maximum absolute atomic E-state index is 12.4. The van der Waals surface area contributed by atoms with Crippen LogP contribution in [-0.4, -0.2) is 17.7 Å². The van der Waals surface area contributed by atoms with Gasteiger partial charge >= 0.3 is 16.2 Å². The highest BCUT2D eigenvalue weighted by Gasteiger charge is 2.65. The smallest absolute Gasteiger partial charge is 0.341 e. The van der Waals surface area contributed by atoms with Crippen LogP contribution in [0.4, 0.5) is 19.4 Å². The molecule has 0 saturated heterocycles. The lowest BCUT2D eigenvalue weighted by Gasteiger charge is -2.40. The Morgan fingerprint density at radius 3 is 2.29 bits per heavy atom. The van der Waals surface area contributed by atoms with Crippen molar-refractivity contribution < 1.29 is 34.1 Å². The normalized spacial score (nSPS) is 15.8. The summed E-state index contributed by atoms with van der Waals surface area (Å²) < 4.78 is 66.2. The topological polar surface area (TPSA) is 46.5 Å². The van der Waals surface area contributed by atoms with E-state index in [2.05, 4.69) is 4.74 Å². The SMILES string of the molecule is O=C(O)COc1cccc(S(F)(F)(F)(F)F)c1. The van der Waals surface area contributed by atoms with Gasteiger partial charge in [-0.3, -0.25) is 0 Å². The van der Waals surface area contributed by atoms with Crippen LogP contribution in [0.25, 0.3) is 0 Å². The maximum atomic E-state index is 12.4. The third-order valence-electron chi connectivity index (χ3n) is 1.61. The highest BCUT2D eigenvalue weighted by molar-refractivity contribution is 8.45. The molecule has 3 nitrogen and oxygen atoms in total. The summed E-state index contributed by atoms with van der Waals surface area (Å²) in [7, 11) is -9.75. The average Bonchev–Trinajstić information content (AvgIpc) is 2.12. The van der Waals surface area contributed by atoms with Crippen LogP contribution in [0.1, 0.15) is 0 Å². The van der Waals surface area contributed by atoms with Crippen LogP contribution in [0.5, 0.6) is 5.75 Å². The Morgan fingerprint density at radius 1 is 1.24 bits per heavy atom. The fourth-order valence-corrected chi connectivity index (χ4v) is 1.62.